The van der Waals surface area contributed by atoms with Gasteiger partial charge in [-0.2, -0.15) is 10.1 Å². The smallest absolute Gasteiger partial charge is 0.253 e. The van der Waals surface area contributed by atoms with Crippen molar-refractivity contribution < 1.29 is 13.2 Å². The zero-order chi connectivity index (χ0) is 22.9. The second-order valence-corrected chi connectivity index (χ2v) is 14.6. The van der Waals surface area contributed by atoms with E-state index in [0.29, 0.717) is 36.9 Å². The lowest BCUT2D eigenvalue weighted by Crippen LogP contribution is -2.40. The van der Waals surface area contributed by atoms with Gasteiger partial charge < -0.3 is 9.74 Å². The van der Waals surface area contributed by atoms with Crippen molar-refractivity contribution in [1.29, 1.82) is 0 Å². The standard InChI is InChI=1S/C22H33F2N5OSi/c1-7-16-14-19(25-17-8-11-22(23,24)12-9-17)27-20(26-16)29-13-10-18(28-29)15-30-31(5,6)21(2,3)4/h7,10,13-14,17H,1,8-9,11-12,15H2,2-6H3,(H,25,26,27). The monoisotopic (exact) mass is 449 g/mol. The van der Waals surface area contributed by atoms with Gasteiger partial charge >= 0.3 is 0 Å². The Labute approximate surface area is 184 Å². The van der Waals surface area contributed by atoms with Crippen molar-refractivity contribution in [3.05, 3.63) is 36.3 Å². The summed E-state index contributed by atoms with van der Waals surface area (Å²) >= 11 is 0. The van der Waals surface area contributed by atoms with Crippen LogP contribution in [0.3, 0.4) is 0 Å². The normalized spacial score (nSPS) is 17.5. The summed E-state index contributed by atoms with van der Waals surface area (Å²) in [6, 6.07) is 3.63. The maximum atomic E-state index is 13.4. The minimum atomic E-state index is -2.56. The second kappa shape index (κ2) is 8.78. The van der Waals surface area contributed by atoms with E-state index in [2.05, 4.69) is 60.8 Å². The summed E-state index contributed by atoms with van der Waals surface area (Å²) in [5.74, 6) is -1.57. The maximum Gasteiger partial charge on any atom is 0.253 e. The Bertz CT molecular complexity index is 913. The summed E-state index contributed by atoms with van der Waals surface area (Å²) in [7, 11) is -1.87. The zero-order valence-electron chi connectivity index (χ0n) is 19.1. The van der Waals surface area contributed by atoms with Crippen LogP contribution in [0.4, 0.5) is 14.6 Å². The number of nitrogens with zero attached hydrogens (tertiary/aromatic N) is 4. The Morgan fingerprint density at radius 3 is 2.58 bits per heavy atom. The third kappa shape index (κ3) is 5.97. The first-order chi connectivity index (χ1) is 14.4. The van der Waals surface area contributed by atoms with Gasteiger partial charge in [0.05, 0.1) is 18.0 Å². The number of alkyl halides is 2. The molecule has 1 saturated carbocycles. The number of hydrogen-bond donors (Lipinski definition) is 1. The van der Waals surface area contributed by atoms with Crippen molar-refractivity contribution in [2.45, 2.75) is 83.2 Å². The van der Waals surface area contributed by atoms with E-state index < -0.39 is 14.2 Å². The number of halogens is 2. The first-order valence-electron chi connectivity index (χ1n) is 10.7. The Morgan fingerprint density at radius 2 is 1.97 bits per heavy atom. The average molecular weight is 450 g/mol. The molecule has 0 atom stereocenters. The van der Waals surface area contributed by atoms with Crippen molar-refractivity contribution in [3.63, 3.8) is 0 Å². The molecule has 0 bridgehead atoms. The summed E-state index contributed by atoms with van der Waals surface area (Å²) in [4.78, 5) is 9.03. The first kappa shape index (κ1) is 23.5. The van der Waals surface area contributed by atoms with Crippen LogP contribution in [0.2, 0.25) is 18.1 Å². The summed E-state index contributed by atoms with van der Waals surface area (Å²) in [5.41, 5.74) is 1.45. The topological polar surface area (TPSA) is 64.9 Å². The van der Waals surface area contributed by atoms with Crippen molar-refractivity contribution in [2.24, 2.45) is 0 Å². The van der Waals surface area contributed by atoms with Crippen molar-refractivity contribution >= 4 is 20.2 Å². The fraction of sp³-hybridized carbons (Fsp3) is 0.591. The minimum Gasteiger partial charge on any atom is -0.411 e. The fourth-order valence-electron chi connectivity index (χ4n) is 3.15. The van der Waals surface area contributed by atoms with Gasteiger partial charge in [0.15, 0.2) is 8.32 Å². The van der Waals surface area contributed by atoms with Crippen molar-refractivity contribution in [1.82, 2.24) is 19.7 Å². The molecule has 1 aliphatic rings. The molecule has 31 heavy (non-hydrogen) atoms. The van der Waals surface area contributed by atoms with Gasteiger partial charge in [0.1, 0.15) is 5.82 Å². The molecule has 0 spiro atoms. The van der Waals surface area contributed by atoms with Gasteiger partial charge in [-0.15, -0.1) is 0 Å². The lowest BCUT2D eigenvalue weighted by molar-refractivity contribution is -0.0361. The van der Waals surface area contributed by atoms with Gasteiger partial charge in [-0.3, -0.25) is 0 Å². The quantitative estimate of drug-likeness (QED) is 0.540. The van der Waals surface area contributed by atoms with E-state index in [1.807, 2.05) is 6.07 Å². The molecule has 2 aromatic heterocycles. The summed E-state index contributed by atoms with van der Waals surface area (Å²) < 4.78 is 34.7. The minimum absolute atomic E-state index is 0.0359. The van der Waals surface area contributed by atoms with E-state index in [-0.39, 0.29) is 23.9 Å². The van der Waals surface area contributed by atoms with Gasteiger partial charge in [0.2, 0.25) is 5.92 Å². The van der Waals surface area contributed by atoms with Crippen molar-refractivity contribution in [2.75, 3.05) is 5.32 Å². The molecule has 3 rings (SSSR count). The maximum absolute atomic E-state index is 13.4. The molecule has 0 radical (unpaired) electrons. The highest BCUT2D eigenvalue weighted by Gasteiger charge is 2.37. The second-order valence-electron chi connectivity index (χ2n) is 9.76. The van der Waals surface area contributed by atoms with Gasteiger partial charge in [0, 0.05) is 31.1 Å². The predicted molar refractivity (Wildman–Crippen MR) is 122 cm³/mol. The van der Waals surface area contributed by atoms with Crippen LogP contribution >= 0.6 is 0 Å². The first-order valence-corrected chi connectivity index (χ1v) is 13.6. The van der Waals surface area contributed by atoms with Gasteiger partial charge in [-0.1, -0.05) is 27.4 Å². The molecule has 9 heteroatoms. The Kier molecular flexibility index (Phi) is 6.66. The summed E-state index contributed by atoms with van der Waals surface area (Å²) in [6.07, 6.45) is 4.05. The Hall–Kier alpha value is -2.13. The van der Waals surface area contributed by atoms with Crippen LogP contribution in [0.15, 0.2) is 24.9 Å². The molecule has 0 saturated heterocycles. The van der Waals surface area contributed by atoms with Crippen LogP contribution in [0.25, 0.3) is 12.0 Å². The number of nitrogens with one attached hydrogen (secondary N) is 1. The molecule has 2 aromatic rings. The van der Waals surface area contributed by atoms with E-state index in [1.54, 1.807) is 23.0 Å². The molecule has 6 nitrogen and oxygen atoms in total. The van der Waals surface area contributed by atoms with Gasteiger partial charge in [-0.05, 0) is 43.1 Å². The van der Waals surface area contributed by atoms with Crippen LogP contribution in [0.1, 0.15) is 57.8 Å². The lowest BCUT2D eigenvalue weighted by atomic mass is 9.92. The van der Waals surface area contributed by atoms with Crippen LogP contribution in [-0.4, -0.2) is 40.0 Å². The average Bonchev–Trinajstić information content (AvgIpc) is 3.16. The number of anilines is 1. The molecule has 1 N–H and O–H groups in total. The molecule has 170 valence electrons. The highest BCUT2D eigenvalue weighted by Crippen LogP contribution is 2.37. The summed E-state index contributed by atoms with van der Waals surface area (Å²) in [5, 5.41) is 7.98. The van der Waals surface area contributed by atoms with E-state index in [0.717, 1.165) is 5.69 Å². The fourth-order valence-corrected chi connectivity index (χ4v) is 4.09. The number of hydrogen-bond acceptors (Lipinski definition) is 5. The summed E-state index contributed by atoms with van der Waals surface area (Å²) in [6.45, 7) is 15.3. The molecular weight excluding hydrogens is 416 g/mol. The van der Waals surface area contributed by atoms with Gasteiger partial charge in [-0.25, -0.2) is 18.4 Å². The third-order valence-corrected chi connectivity index (χ3v) is 10.7. The number of aromatic nitrogens is 4. The van der Waals surface area contributed by atoms with E-state index in [1.165, 1.54) is 0 Å². The molecule has 1 fully saturated rings. The highest BCUT2D eigenvalue weighted by molar-refractivity contribution is 6.74. The van der Waals surface area contributed by atoms with Crippen molar-refractivity contribution in [3.8, 4) is 5.95 Å². The molecule has 2 heterocycles. The van der Waals surface area contributed by atoms with Gasteiger partial charge in [0.25, 0.3) is 5.95 Å². The van der Waals surface area contributed by atoms with Crippen LogP contribution < -0.4 is 5.32 Å². The molecule has 1 aliphatic carbocycles. The van der Waals surface area contributed by atoms with E-state index in [4.69, 9.17) is 4.43 Å². The molecule has 0 unspecified atom stereocenters. The predicted octanol–water partition coefficient (Wildman–Crippen LogP) is 5.82. The van der Waals surface area contributed by atoms with Crippen LogP contribution in [-0.2, 0) is 11.0 Å². The van der Waals surface area contributed by atoms with E-state index in [9.17, 15) is 8.78 Å². The zero-order valence-corrected chi connectivity index (χ0v) is 20.1. The van der Waals surface area contributed by atoms with Crippen LogP contribution in [0, 0.1) is 0 Å². The Morgan fingerprint density at radius 1 is 1.29 bits per heavy atom. The third-order valence-electron chi connectivity index (χ3n) is 6.25. The number of rotatable bonds is 7. The molecular formula is C22H33F2N5OSi. The highest BCUT2D eigenvalue weighted by atomic mass is 28.4. The van der Waals surface area contributed by atoms with E-state index >= 15 is 0 Å². The SMILES string of the molecule is C=Cc1cc(NC2CCC(F)(F)CC2)nc(-n2ccc(CO[Si](C)(C)C(C)(C)C)n2)n1. The lowest BCUT2D eigenvalue weighted by Gasteiger charge is -2.35. The molecule has 0 aromatic carbocycles. The van der Waals surface area contributed by atoms with Crippen LogP contribution in [0.5, 0.6) is 0 Å². The largest absolute Gasteiger partial charge is 0.411 e. The molecule has 0 aliphatic heterocycles. The Balaban J connectivity index is 1.73. The molecule has 0 amide bonds.